The average molecular weight is 314 g/mol. The van der Waals surface area contributed by atoms with Crippen LogP contribution in [0.2, 0.25) is 5.02 Å². The van der Waals surface area contributed by atoms with E-state index >= 15 is 0 Å². The number of ether oxygens (including phenoxy) is 1. The molecule has 0 aliphatic rings. The number of nitriles is 1. The van der Waals surface area contributed by atoms with E-state index in [4.69, 9.17) is 16.3 Å². The summed E-state index contributed by atoms with van der Waals surface area (Å²) < 4.78 is 5.73. The zero-order valence-electron chi connectivity index (χ0n) is 13.0. The van der Waals surface area contributed by atoms with E-state index in [1.807, 2.05) is 56.3 Å². The van der Waals surface area contributed by atoms with Crippen LogP contribution < -0.4 is 4.74 Å². The van der Waals surface area contributed by atoms with Crippen molar-refractivity contribution in [2.45, 2.75) is 32.6 Å². The highest BCUT2D eigenvalue weighted by Crippen LogP contribution is 2.26. The van der Waals surface area contributed by atoms with Gasteiger partial charge in [-0.05, 0) is 49.9 Å². The van der Waals surface area contributed by atoms with Gasteiger partial charge in [0.2, 0.25) is 0 Å². The molecule has 0 saturated carbocycles. The lowest BCUT2D eigenvalue weighted by atomic mass is 9.95. The van der Waals surface area contributed by atoms with Gasteiger partial charge in [-0.2, -0.15) is 5.26 Å². The summed E-state index contributed by atoms with van der Waals surface area (Å²) in [6, 6.07) is 16.3. The van der Waals surface area contributed by atoms with E-state index in [9.17, 15) is 5.26 Å². The fourth-order valence-electron chi connectivity index (χ4n) is 2.30. The van der Waals surface area contributed by atoms with Gasteiger partial charge in [-0.15, -0.1) is 0 Å². The summed E-state index contributed by atoms with van der Waals surface area (Å²) in [5.41, 5.74) is 3.40. The molecule has 0 fully saturated rings. The second kappa shape index (κ2) is 7.87. The van der Waals surface area contributed by atoms with Gasteiger partial charge >= 0.3 is 0 Å². The molecule has 2 nitrogen and oxygen atoms in total. The van der Waals surface area contributed by atoms with E-state index in [1.165, 1.54) is 5.56 Å². The van der Waals surface area contributed by atoms with Crippen LogP contribution in [0, 0.1) is 25.2 Å². The van der Waals surface area contributed by atoms with Gasteiger partial charge in [0.25, 0.3) is 0 Å². The van der Waals surface area contributed by atoms with Crippen molar-refractivity contribution in [3.05, 3.63) is 64.2 Å². The molecule has 1 atom stereocenters. The van der Waals surface area contributed by atoms with Crippen molar-refractivity contribution in [2.75, 3.05) is 6.61 Å². The Morgan fingerprint density at radius 1 is 1.09 bits per heavy atom. The molecular formula is C19H20ClNO. The first-order valence-electron chi connectivity index (χ1n) is 7.45. The van der Waals surface area contributed by atoms with Gasteiger partial charge in [0, 0.05) is 0 Å². The first kappa shape index (κ1) is 16.4. The van der Waals surface area contributed by atoms with Crippen LogP contribution in [0.3, 0.4) is 0 Å². The summed E-state index contributed by atoms with van der Waals surface area (Å²) in [5, 5.41) is 9.96. The van der Waals surface area contributed by atoms with Crippen LogP contribution in [0.1, 0.15) is 35.4 Å². The maximum Gasteiger partial charge on any atom is 0.138 e. The Bertz CT molecular complexity index is 658. The van der Waals surface area contributed by atoms with Crippen molar-refractivity contribution >= 4 is 11.6 Å². The number of nitrogens with zero attached hydrogens (tertiary/aromatic N) is 1. The third-order valence-corrected chi connectivity index (χ3v) is 3.93. The summed E-state index contributed by atoms with van der Waals surface area (Å²) in [4.78, 5) is 0. The lowest BCUT2D eigenvalue weighted by Crippen LogP contribution is -2.02. The quantitative estimate of drug-likeness (QED) is 0.667. The molecular weight excluding hydrogens is 294 g/mol. The van der Waals surface area contributed by atoms with Crippen LogP contribution >= 0.6 is 11.6 Å². The van der Waals surface area contributed by atoms with Gasteiger partial charge in [0.15, 0.2) is 0 Å². The standard InChI is InChI=1S/C19H20ClNO/c1-14-5-8-16(9-6-14)17(13-21)4-3-11-22-19-12-15(2)7-10-18(19)20/h5-10,12,17H,3-4,11H2,1-2H3. The fraction of sp³-hybridized carbons (Fsp3) is 0.316. The summed E-state index contributed by atoms with van der Waals surface area (Å²) in [7, 11) is 0. The highest BCUT2D eigenvalue weighted by atomic mass is 35.5. The van der Waals surface area contributed by atoms with Crippen molar-refractivity contribution < 1.29 is 4.74 Å². The van der Waals surface area contributed by atoms with Crippen molar-refractivity contribution in [1.29, 1.82) is 5.26 Å². The fourth-order valence-corrected chi connectivity index (χ4v) is 2.47. The van der Waals surface area contributed by atoms with Crippen LogP contribution in [0.5, 0.6) is 5.75 Å². The minimum absolute atomic E-state index is 0.0859. The van der Waals surface area contributed by atoms with E-state index in [2.05, 4.69) is 6.07 Å². The first-order chi connectivity index (χ1) is 10.6. The van der Waals surface area contributed by atoms with E-state index in [1.54, 1.807) is 0 Å². The van der Waals surface area contributed by atoms with Crippen molar-refractivity contribution in [2.24, 2.45) is 0 Å². The van der Waals surface area contributed by atoms with E-state index in [-0.39, 0.29) is 5.92 Å². The molecule has 0 aliphatic heterocycles. The first-order valence-corrected chi connectivity index (χ1v) is 7.83. The summed E-state index contributed by atoms with van der Waals surface area (Å²) in [6.07, 6.45) is 1.60. The Morgan fingerprint density at radius 2 is 1.77 bits per heavy atom. The SMILES string of the molecule is Cc1ccc(C(C#N)CCCOc2cc(C)ccc2Cl)cc1. The van der Waals surface area contributed by atoms with Gasteiger partial charge in [-0.1, -0.05) is 47.5 Å². The van der Waals surface area contributed by atoms with E-state index in [0.29, 0.717) is 17.4 Å². The average Bonchev–Trinajstić information content (AvgIpc) is 2.52. The molecule has 0 N–H and O–H groups in total. The van der Waals surface area contributed by atoms with Crippen LogP contribution in [0.25, 0.3) is 0 Å². The predicted octanol–water partition coefficient (Wildman–Crippen LogP) is 5.42. The van der Waals surface area contributed by atoms with E-state index in [0.717, 1.165) is 24.0 Å². The number of aryl methyl sites for hydroxylation is 2. The molecule has 0 amide bonds. The molecule has 1 unspecified atom stereocenters. The molecule has 0 aromatic heterocycles. The van der Waals surface area contributed by atoms with Crippen molar-refractivity contribution in [3.8, 4) is 11.8 Å². The normalized spacial score (nSPS) is 11.7. The summed E-state index contributed by atoms with van der Waals surface area (Å²) in [5.74, 6) is 0.627. The van der Waals surface area contributed by atoms with Gasteiger partial charge in [0.05, 0.1) is 23.6 Å². The minimum Gasteiger partial charge on any atom is -0.492 e. The number of benzene rings is 2. The van der Waals surface area contributed by atoms with Gasteiger partial charge in [-0.25, -0.2) is 0 Å². The molecule has 2 aromatic rings. The Hall–Kier alpha value is -1.98. The molecule has 22 heavy (non-hydrogen) atoms. The van der Waals surface area contributed by atoms with Crippen LogP contribution in [0.4, 0.5) is 0 Å². The third-order valence-electron chi connectivity index (χ3n) is 3.62. The topological polar surface area (TPSA) is 33.0 Å². The Kier molecular flexibility index (Phi) is 5.86. The number of hydrogen-bond acceptors (Lipinski definition) is 2. The Labute approximate surface area is 137 Å². The molecule has 0 aliphatic carbocycles. The molecule has 3 heteroatoms. The van der Waals surface area contributed by atoms with Gasteiger partial charge in [-0.3, -0.25) is 0 Å². The van der Waals surface area contributed by atoms with Crippen LogP contribution in [0.15, 0.2) is 42.5 Å². The molecule has 0 saturated heterocycles. The predicted molar refractivity (Wildman–Crippen MR) is 90.5 cm³/mol. The Morgan fingerprint density at radius 3 is 2.45 bits per heavy atom. The molecule has 0 heterocycles. The highest BCUT2D eigenvalue weighted by Gasteiger charge is 2.10. The monoisotopic (exact) mass is 313 g/mol. The minimum atomic E-state index is -0.0859. The number of rotatable bonds is 6. The molecule has 2 aromatic carbocycles. The smallest absolute Gasteiger partial charge is 0.138 e. The molecule has 0 bridgehead atoms. The zero-order valence-corrected chi connectivity index (χ0v) is 13.7. The van der Waals surface area contributed by atoms with Crippen molar-refractivity contribution in [1.82, 2.24) is 0 Å². The van der Waals surface area contributed by atoms with Crippen LogP contribution in [-0.4, -0.2) is 6.61 Å². The summed E-state index contributed by atoms with van der Waals surface area (Å²) in [6.45, 7) is 4.62. The molecule has 0 radical (unpaired) electrons. The second-order valence-corrected chi connectivity index (χ2v) is 5.92. The maximum atomic E-state index is 9.33. The lowest BCUT2D eigenvalue weighted by molar-refractivity contribution is 0.305. The lowest BCUT2D eigenvalue weighted by Gasteiger charge is -2.12. The maximum absolute atomic E-state index is 9.33. The Balaban J connectivity index is 1.86. The largest absolute Gasteiger partial charge is 0.492 e. The van der Waals surface area contributed by atoms with Gasteiger partial charge in [0.1, 0.15) is 5.75 Å². The van der Waals surface area contributed by atoms with Gasteiger partial charge < -0.3 is 4.74 Å². The second-order valence-electron chi connectivity index (χ2n) is 5.52. The number of halogens is 1. The number of hydrogen-bond donors (Lipinski definition) is 0. The zero-order chi connectivity index (χ0) is 15.9. The van der Waals surface area contributed by atoms with E-state index < -0.39 is 0 Å². The highest BCUT2D eigenvalue weighted by molar-refractivity contribution is 6.32. The molecule has 2 rings (SSSR count). The molecule has 114 valence electrons. The summed E-state index contributed by atoms with van der Waals surface area (Å²) >= 11 is 6.10. The molecule has 0 spiro atoms. The van der Waals surface area contributed by atoms with Crippen LogP contribution in [-0.2, 0) is 0 Å². The van der Waals surface area contributed by atoms with Crippen molar-refractivity contribution in [3.63, 3.8) is 0 Å². The third kappa shape index (κ3) is 4.51.